The maximum absolute atomic E-state index is 12.1. The van der Waals surface area contributed by atoms with Crippen LogP contribution in [0.15, 0.2) is 24.3 Å². The summed E-state index contributed by atoms with van der Waals surface area (Å²) in [6, 6.07) is 7.94. The molecule has 1 amide bonds. The van der Waals surface area contributed by atoms with E-state index in [1.807, 2.05) is 24.3 Å². The molecular weight excluding hydrogens is 220 g/mol. The molecule has 1 aromatic rings. The van der Waals surface area contributed by atoms with Crippen LogP contribution in [-0.2, 0) is 11.2 Å². The smallest absolute Gasteiger partial charge is 0.236 e. The van der Waals surface area contributed by atoms with Crippen LogP contribution in [0.1, 0.15) is 12.5 Å². The lowest BCUT2D eigenvalue weighted by Crippen LogP contribution is -2.39. The van der Waals surface area contributed by atoms with E-state index in [1.165, 1.54) is 5.56 Å². The molecule has 0 bridgehead atoms. The van der Waals surface area contributed by atoms with Gasteiger partial charge in [0.2, 0.25) is 5.91 Å². The lowest BCUT2D eigenvalue weighted by atomic mass is 10.1. The molecule has 1 aliphatic rings. The monoisotopic (exact) mass is 234 g/mol. The van der Waals surface area contributed by atoms with Crippen molar-refractivity contribution in [3.63, 3.8) is 0 Å². The number of anilines is 1. The molecule has 0 saturated heterocycles. The maximum Gasteiger partial charge on any atom is 0.236 e. The highest BCUT2D eigenvalue weighted by atomic mass is 32.1. The first-order valence-electron chi connectivity index (χ1n) is 5.30. The Labute approximate surface area is 100 Å². The van der Waals surface area contributed by atoms with Crippen molar-refractivity contribution in [2.24, 2.45) is 11.7 Å². The molecule has 16 heavy (non-hydrogen) atoms. The third-order valence-corrected chi connectivity index (χ3v) is 3.30. The van der Waals surface area contributed by atoms with Crippen LogP contribution in [0.2, 0.25) is 0 Å². The molecule has 1 heterocycles. The van der Waals surface area contributed by atoms with Crippen molar-refractivity contribution in [2.75, 3.05) is 11.4 Å². The van der Waals surface area contributed by atoms with Gasteiger partial charge in [-0.3, -0.25) is 4.79 Å². The summed E-state index contributed by atoms with van der Waals surface area (Å²) < 4.78 is 0. The van der Waals surface area contributed by atoms with Gasteiger partial charge in [-0.15, -0.1) is 0 Å². The highest BCUT2D eigenvalue weighted by Gasteiger charge is 2.28. The summed E-state index contributed by atoms with van der Waals surface area (Å²) in [6.07, 6.45) is 0.909. The van der Waals surface area contributed by atoms with Gasteiger partial charge in [-0.2, -0.15) is 0 Å². The Balaban J connectivity index is 2.25. The average Bonchev–Trinajstić information content (AvgIpc) is 2.70. The number of fused-ring (bicyclic) bond motifs is 1. The van der Waals surface area contributed by atoms with E-state index in [9.17, 15) is 4.79 Å². The van der Waals surface area contributed by atoms with E-state index in [4.69, 9.17) is 18.0 Å². The van der Waals surface area contributed by atoms with Gasteiger partial charge in [0, 0.05) is 12.2 Å². The van der Waals surface area contributed by atoms with Crippen molar-refractivity contribution in [1.29, 1.82) is 0 Å². The number of benzene rings is 1. The summed E-state index contributed by atoms with van der Waals surface area (Å²) in [5, 5.41) is 0. The quantitative estimate of drug-likeness (QED) is 0.789. The summed E-state index contributed by atoms with van der Waals surface area (Å²) in [5.41, 5.74) is 7.72. The zero-order chi connectivity index (χ0) is 11.7. The molecule has 0 fully saturated rings. The van der Waals surface area contributed by atoms with Crippen molar-refractivity contribution in [3.05, 3.63) is 29.8 Å². The van der Waals surface area contributed by atoms with Crippen LogP contribution in [0.3, 0.4) is 0 Å². The van der Waals surface area contributed by atoms with Crippen LogP contribution in [0, 0.1) is 5.92 Å². The molecule has 1 aliphatic heterocycles. The Kier molecular flexibility index (Phi) is 2.92. The number of amides is 1. The van der Waals surface area contributed by atoms with Crippen LogP contribution in [0.4, 0.5) is 5.69 Å². The Hall–Kier alpha value is -1.42. The van der Waals surface area contributed by atoms with E-state index in [0.29, 0.717) is 0 Å². The second kappa shape index (κ2) is 4.22. The molecular formula is C12H14N2OS. The van der Waals surface area contributed by atoms with Gasteiger partial charge in [-0.25, -0.2) is 0 Å². The zero-order valence-electron chi connectivity index (χ0n) is 9.14. The molecule has 1 aromatic carbocycles. The lowest BCUT2D eigenvalue weighted by Gasteiger charge is -2.20. The van der Waals surface area contributed by atoms with Gasteiger partial charge in [-0.05, 0) is 25.0 Å². The van der Waals surface area contributed by atoms with E-state index in [2.05, 4.69) is 0 Å². The highest BCUT2D eigenvalue weighted by molar-refractivity contribution is 7.80. The first-order valence-corrected chi connectivity index (χ1v) is 5.70. The van der Waals surface area contributed by atoms with Crippen LogP contribution in [0.25, 0.3) is 0 Å². The SMILES string of the molecule is CC(C(=O)N1CCc2ccccc21)C(N)=S. The highest BCUT2D eigenvalue weighted by Crippen LogP contribution is 2.28. The fourth-order valence-corrected chi connectivity index (χ4v) is 2.02. The Morgan fingerprint density at radius 2 is 2.19 bits per heavy atom. The lowest BCUT2D eigenvalue weighted by molar-refractivity contribution is -0.119. The Morgan fingerprint density at radius 3 is 2.88 bits per heavy atom. The molecule has 4 heteroatoms. The molecule has 0 saturated carbocycles. The van der Waals surface area contributed by atoms with Gasteiger partial charge in [0.05, 0.1) is 10.9 Å². The third-order valence-electron chi connectivity index (χ3n) is 2.95. The van der Waals surface area contributed by atoms with Gasteiger partial charge in [0.15, 0.2) is 0 Å². The fourth-order valence-electron chi connectivity index (χ4n) is 1.92. The minimum Gasteiger partial charge on any atom is -0.393 e. The van der Waals surface area contributed by atoms with Crippen LogP contribution in [-0.4, -0.2) is 17.4 Å². The van der Waals surface area contributed by atoms with Gasteiger partial charge in [0.1, 0.15) is 0 Å². The first-order chi connectivity index (χ1) is 7.61. The molecule has 2 N–H and O–H groups in total. The standard InChI is InChI=1S/C12H14N2OS/c1-8(11(13)16)12(15)14-7-6-9-4-2-3-5-10(9)14/h2-5,8H,6-7H2,1H3,(H2,13,16). The van der Waals surface area contributed by atoms with E-state index < -0.39 is 0 Å². The van der Waals surface area contributed by atoms with Gasteiger partial charge in [-0.1, -0.05) is 30.4 Å². The first kappa shape index (κ1) is 11.1. The number of carbonyl (C=O) groups excluding carboxylic acids is 1. The van der Waals surface area contributed by atoms with Crippen molar-refractivity contribution in [1.82, 2.24) is 0 Å². The molecule has 1 atom stereocenters. The number of nitrogens with two attached hydrogens (primary N) is 1. The minimum absolute atomic E-state index is 0.00236. The van der Waals surface area contributed by atoms with E-state index >= 15 is 0 Å². The van der Waals surface area contributed by atoms with Crippen LogP contribution >= 0.6 is 12.2 Å². The van der Waals surface area contributed by atoms with Crippen molar-refractivity contribution >= 4 is 28.8 Å². The zero-order valence-corrected chi connectivity index (χ0v) is 9.96. The van der Waals surface area contributed by atoms with Crippen molar-refractivity contribution in [3.8, 4) is 0 Å². The Morgan fingerprint density at radius 1 is 1.50 bits per heavy atom. The predicted molar refractivity (Wildman–Crippen MR) is 68.4 cm³/mol. The van der Waals surface area contributed by atoms with Gasteiger partial charge in [0.25, 0.3) is 0 Å². The number of para-hydroxylation sites is 1. The third kappa shape index (κ3) is 1.80. The van der Waals surface area contributed by atoms with E-state index in [1.54, 1.807) is 11.8 Å². The molecule has 0 aromatic heterocycles. The van der Waals surface area contributed by atoms with E-state index in [0.717, 1.165) is 18.7 Å². The minimum atomic E-state index is -0.388. The molecule has 84 valence electrons. The van der Waals surface area contributed by atoms with Gasteiger partial charge < -0.3 is 10.6 Å². The summed E-state index contributed by atoms with van der Waals surface area (Å²) in [5.74, 6) is -0.390. The van der Waals surface area contributed by atoms with Crippen molar-refractivity contribution < 1.29 is 4.79 Å². The second-order valence-corrected chi connectivity index (χ2v) is 4.46. The number of hydrogen-bond donors (Lipinski definition) is 1. The van der Waals surface area contributed by atoms with E-state index in [-0.39, 0.29) is 16.8 Å². The fraction of sp³-hybridized carbons (Fsp3) is 0.333. The van der Waals surface area contributed by atoms with Crippen LogP contribution in [0.5, 0.6) is 0 Å². The number of nitrogens with zero attached hydrogens (tertiary/aromatic N) is 1. The summed E-state index contributed by atoms with van der Waals surface area (Å²) >= 11 is 4.86. The average molecular weight is 234 g/mol. The summed E-state index contributed by atoms with van der Waals surface area (Å²) in [7, 11) is 0. The maximum atomic E-state index is 12.1. The Bertz CT molecular complexity index is 444. The molecule has 0 radical (unpaired) electrons. The number of carbonyl (C=O) groups is 1. The van der Waals surface area contributed by atoms with Crippen LogP contribution < -0.4 is 10.6 Å². The molecule has 1 unspecified atom stereocenters. The normalized spacial score (nSPS) is 15.7. The summed E-state index contributed by atoms with van der Waals surface area (Å²) in [6.45, 7) is 2.48. The predicted octanol–water partition coefficient (Wildman–Crippen LogP) is 1.50. The number of rotatable bonds is 2. The molecule has 2 rings (SSSR count). The number of hydrogen-bond acceptors (Lipinski definition) is 2. The second-order valence-electron chi connectivity index (χ2n) is 3.99. The molecule has 0 spiro atoms. The topological polar surface area (TPSA) is 46.3 Å². The van der Waals surface area contributed by atoms with Crippen molar-refractivity contribution in [2.45, 2.75) is 13.3 Å². The molecule has 3 nitrogen and oxygen atoms in total. The summed E-state index contributed by atoms with van der Waals surface area (Å²) in [4.78, 5) is 14.1. The largest absolute Gasteiger partial charge is 0.393 e. The number of thiocarbonyl (C=S) groups is 1. The van der Waals surface area contributed by atoms with Gasteiger partial charge >= 0.3 is 0 Å². The molecule has 0 aliphatic carbocycles.